The molecule has 2 rings (SSSR count). The molecule has 1 aliphatic rings. The van der Waals surface area contributed by atoms with E-state index in [2.05, 4.69) is 31.2 Å². The Kier molecular flexibility index (Phi) is 7.29. The van der Waals surface area contributed by atoms with Crippen molar-refractivity contribution in [3.05, 3.63) is 35.4 Å². The van der Waals surface area contributed by atoms with E-state index < -0.39 is 0 Å². The van der Waals surface area contributed by atoms with Crippen LogP contribution in [0.3, 0.4) is 0 Å². The molecule has 0 saturated heterocycles. The maximum atomic E-state index is 6.47. The minimum absolute atomic E-state index is 0.411. The fourth-order valence-electron chi connectivity index (χ4n) is 3.66. The minimum atomic E-state index is 0.411. The molecule has 0 radical (unpaired) electrons. The van der Waals surface area contributed by atoms with Gasteiger partial charge < -0.3 is 5.73 Å². The van der Waals surface area contributed by atoms with Gasteiger partial charge in [-0.15, -0.1) is 0 Å². The van der Waals surface area contributed by atoms with Gasteiger partial charge in [0.25, 0.3) is 0 Å². The lowest BCUT2D eigenvalue weighted by molar-refractivity contribution is 0.349. The summed E-state index contributed by atoms with van der Waals surface area (Å²) < 4.78 is 0. The van der Waals surface area contributed by atoms with E-state index >= 15 is 0 Å². The van der Waals surface area contributed by atoms with Gasteiger partial charge in [0.2, 0.25) is 0 Å². The van der Waals surface area contributed by atoms with Crippen LogP contribution in [0.1, 0.15) is 75.8 Å². The van der Waals surface area contributed by atoms with Crippen molar-refractivity contribution in [1.29, 1.82) is 0 Å². The molecule has 0 saturated carbocycles. The highest BCUT2D eigenvalue weighted by molar-refractivity contribution is 5.29. The fourth-order valence-corrected chi connectivity index (χ4v) is 3.66. The molecule has 2 unspecified atom stereocenters. The van der Waals surface area contributed by atoms with Gasteiger partial charge in [0.05, 0.1) is 0 Å². The second kappa shape index (κ2) is 9.25. The summed E-state index contributed by atoms with van der Waals surface area (Å²) in [6, 6.07) is 9.32. The van der Waals surface area contributed by atoms with Gasteiger partial charge in [-0.25, -0.2) is 0 Å². The first-order chi connectivity index (χ1) is 10.3. The normalized spacial score (nSPS) is 19.2. The zero-order valence-corrected chi connectivity index (χ0v) is 13.8. The van der Waals surface area contributed by atoms with Crippen LogP contribution in [0.4, 0.5) is 0 Å². The van der Waals surface area contributed by atoms with Crippen LogP contribution in [-0.2, 0) is 12.8 Å². The van der Waals surface area contributed by atoms with E-state index in [1.165, 1.54) is 70.6 Å². The maximum absolute atomic E-state index is 6.47. The van der Waals surface area contributed by atoms with Gasteiger partial charge in [0.15, 0.2) is 0 Å². The second-order valence-corrected chi connectivity index (χ2v) is 6.85. The third-order valence-corrected chi connectivity index (χ3v) is 5.13. The van der Waals surface area contributed by atoms with Crippen LogP contribution in [-0.4, -0.2) is 6.04 Å². The third-order valence-electron chi connectivity index (χ3n) is 5.13. The molecule has 1 aromatic rings. The lowest BCUT2D eigenvalue weighted by Crippen LogP contribution is -2.34. The molecule has 0 spiro atoms. The topological polar surface area (TPSA) is 26.0 Å². The number of fused-ring (bicyclic) bond motifs is 1. The number of aryl methyl sites for hydroxylation is 1. The summed E-state index contributed by atoms with van der Waals surface area (Å²) in [6.45, 7) is 2.28. The number of hydrogen-bond acceptors (Lipinski definition) is 1. The summed E-state index contributed by atoms with van der Waals surface area (Å²) in [5.74, 6) is 0.708. The quantitative estimate of drug-likeness (QED) is 0.616. The van der Waals surface area contributed by atoms with Crippen molar-refractivity contribution in [1.82, 2.24) is 0 Å². The number of benzene rings is 1. The minimum Gasteiger partial charge on any atom is -0.327 e. The highest BCUT2D eigenvalue weighted by Crippen LogP contribution is 2.28. The summed E-state index contributed by atoms with van der Waals surface area (Å²) in [7, 11) is 0. The molecule has 1 heteroatoms. The Hall–Kier alpha value is -0.820. The summed E-state index contributed by atoms with van der Waals surface area (Å²) >= 11 is 0. The zero-order chi connectivity index (χ0) is 14.9. The van der Waals surface area contributed by atoms with Gasteiger partial charge >= 0.3 is 0 Å². The van der Waals surface area contributed by atoms with Gasteiger partial charge in [-0.1, -0.05) is 76.1 Å². The predicted octanol–water partition coefficient (Wildman–Crippen LogP) is 5.26. The van der Waals surface area contributed by atoms with Gasteiger partial charge in [0.1, 0.15) is 0 Å². The van der Waals surface area contributed by atoms with Gasteiger partial charge in [-0.3, -0.25) is 0 Å². The second-order valence-electron chi connectivity index (χ2n) is 6.85. The van der Waals surface area contributed by atoms with Crippen LogP contribution in [0, 0.1) is 5.92 Å². The molecule has 1 aliphatic carbocycles. The van der Waals surface area contributed by atoms with Gasteiger partial charge in [-0.05, 0) is 42.7 Å². The molecule has 0 amide bonds. The Morgan fingerprint density at radius 2 is 1.67 bits per heavy atom. The Morgan fingerprint density at radius 3 is 2.43 bits per heavy atom. The van der Waals surface area contributed by atoms with Crippen molar-refractivity contribution in [3.63, 3.8) is 0 Å². The van der Waals surface area contributed by atoms with Crippen molar-refractivity contribution < 1.29 is 0 Å². The van der Waals surface area contributed by atoms with Crippen molar-refractivity contribution in [2.45, 2.75) is 83.6 Å². The molecule has 2 atom stereocenters. The van der Waals surface area contributed by atoms with Crippen molar-refractivity contribution in [3.8, 4) is 0 Å². The number of unbranched alkanes of at least 4 members (excludes halogenated alkanes) is 6. The van der Waals surface area contributed by atoms with E-state index in [1.807, 2.05) is 0 Å². The maximum Gasteiger partial charge on any atom is 0.00704 e. The summed E-state index contributed by atoms with van der Waals surface area (Å²) in [4.78, 5) is 0. The van der Waals surface area contributed by atoms with E-state index in [0.717, 1.165) is 0 Å². The van der Waals surface area contributed by atoms with Crippen molar-refractivity contribution in [2.75, 3.05) is 0 Å². The monoisotopic (exact) mass is 287 g/mol. The van der Waals surface area contributed by atoms with Crippen LogP contribution in [0.15, 0.2) is 24.3 Å². The molecule has 1 aromatic carbocycles. The highest BCUT2D eigenvalue weighted by atomic mass is 14.6. The molecule has 0 aliphatic heterocycles. The predicted molar refractivity (Wildman–Crippen MR) is 92.5 cm³/mol. The molecule has 0 fully saturated rings. The molecule has 0 heterocycles. The number of rotatable bonds is 9. The Morgan fingerprint density at radius 1 is 1.00 bits per heavy atom. The van der Waals surface area contributed by atoms with Crippen LogP contribution < -0.4 is 5.73 Å². The number of hydrogen-bond donors (Lipinski definition) is 1. The van der Waals surface area contributed by atoms with Crippen LogP contribution in [0.5, 0.6) is 0 Å². The standard InChI is InChI=1S/C20H33N/c1-2-3-4-5-6-7-8-13-20(21)19-15-14-17-11-9-10-12-18(17)16-19/h9-12,19-20H,2-8,13-16,21H2,1H3. The Balaban J connectivity index is 1.62. The first-order valence-corrected chi connectivity index (χ1v) is 9.13. The SMILES string of the molecule is CCCCCCCCCC(N)C1CCc2ccccc2C1. The van der Waals surface area contributed by atoms with Crippen LogP contribution >= 0.6 is 0 Å². The molecule has 21 heavy (non-hydrogen) atoms. The zero-order valence-electron chi connectivity index (χ0n) is 13.8. The average Bonchev–Trinajstić information content (AvgIpc) is 2.53. The Bertz CT molecular complexity index is 399. The van der Waals surface area contributed by atoms with E-state index in [0.29, 0.717) is 12.0 Å². The summed E-state index contributed by atoms with van der Waals surface area (Å²) in [5, 5.41) is 0. The molecular formula is C20H33N. The van der Waals surface area contributed by atoms with E-state index in [9.17, 15) is 0 Å². The Labute approximate surface area is 131 Å². The highest BCUT2D eigenvalue weighted by Gasteiger charge is 2.23. The first kappa shape index (κ1) is 16.5. The largest absolute Gasteiger partial charge is 0.327 e. The summed E-state index contributed by atoms with van der Waals surface area (Å²) in [5.41, 5.74) is 9.57. The van der Waals surface area contributed by atoms with Gasteiger partial charge in [0, 0.05) is 6.04 Å². The molecule has 2 N–H and O–H groups in total. The third kappa shape index (κ3) is 5.47. The van der Waals surface area contributed by atoms with E-state index in [1.54, 1.807) is 11.1 Å². The van der Waals surface area contributed by atoms with Crippen LogP contribution in [0.2, 0.25) is 0 Å². The molecule has 0 aromatic heterocycles. The van der Waals surface area contributed by atoms with E-state index in [-0.39, 0.29) is 0 Å². The first-order valence-electron chi connectivity index (χ1n) is 9.13. The van der Waals surface area contributed by atoms with Crippen molar-refractivity contribution >= 4 is 0 Å². The molecule has 118 valence electrons. The van der Waals surface area contributed by atoms with E-state index in [4.69, 9.17) is 5.73 Å². The van der Waals surface area contributed by atoms with Gasteiger partial charge in [-0.2, -0.15) is 0 Å². The van der Waals surface area contributed by atoms with Crippen molar-refractivity contribution in [2.24, 2.45) is 11.7 Å². The molecule has 1 nitrogen and oxygen atoms in total. The molecule has 0 bridgehead atoms. The lowest BCUT2D eigenvalue weighted by Gasteiger charge is -2.29. The lowest BCUT2D eigenvalue weighted by atomic mass is 9.79. The smallest absolute Gasteiger partial charge is 0.00704 e. The number of nitrogens with two attached hydrogens (primary N) is 1. The molecular weight excluding hydrogens is 254 g/mol. The average molecular weight is 287 g/mol. The van der Waals surface area contributed by atoms with Crippen LogP contribution in [0.25, 0.3) is 0 Å². The summed E-state index contributed by atoms with van der Waals surface area (Å²) in [6.07, 6.45) is 14.6. The fraction of sp³-hybridized carbons (Fsp3) is 0.700.